The van der Waals surface area contributed by atoms with Crippen LogP contribution in [0.3, 0.4) is 0 Å². The number of pyridine rings is 1. The molecule has 6 heteroatoms. The first kappa shape index (κ1) is 18.0. The van der Waals surface area contributed by atoms with Gasteiger partial charge in [0.2, 0.25) is 0 Å². The Kier molecular flexibility index (Phi) is 5.65. The summed E-state index contributed by atoms with van der Waals surface area (Å²) in [5.41, 5.74) is 3.93. The number of carbonyl (C=O) groups excluding carboxylic acids is 1. The Bertz CT molecular complexity index is 897. The first-order valence-corrected chi connectivity index (χ1v) is 7.47. The number of methoxy groups -OCH3 is 1. The van der Waals surface area contributed by atoms with Crippen molar-refractivity contribution in [3.63, 3.8) is 0 Å². The van der Waals surface area contributed by atoms with Crippen molar-refractivity contribution in [2.24, 2.45) is 0 Å². The molecule has 1 N–H and O–H groups in total. The highest BCUT2D eigenvalue weighted by Gasteiger charge is 2.08. The smallest absolute Gasteiger partial charge is 0.337 e. The van der Waals surface area contributed by atoms with E-state index in [4.69, 9.17) is 16.3 Å². The van der Waals surface area contributed by atoms with E-state index >= 15 is 0 Å². The largest absolute Gasteiger partial charge is 1.00 e. The van der Waals surface area contributed by atoms with Gasteiger partial charge < -0.3 is 22.5 Å². The number of aryl methyl sites for hydroxylation is 1. The molecule has 3 aromatic rings. The lowest BCUT2D eigenvalue weighted by atomic mass is 10.1. The average Bonchev–Trinajstić information content (AvgIpc) is 2.55. The van der Waals surface area contributed by atoms with Crippen molar-refractivity contribution < 1.29 is 21.9 Å². The normalized spacial score (nSPS) is 10.1. The number of nitrogens with zero attached hydrogens (tertiary/aromatic N) is 1. The van der Waals surface area contributed by atoms with Crippen molar-refractivity contribution in [1.82, 2.24) is 4.98 Å². The molecule has 0 saturated carbocycles. The maximum Gasteiger partial charge on any atom is 0.337 e. The van der Waals surface area contributed by atoms with E-state index in [-0.39, 0.29) is 18.4 Å². The first-order chi connectivity index (χ1) is 11.1. The molecule has 0 unspecified atom stereocenters. The number of anilines is 2. The minimum absolute atomic E-state index is 0. The molecule has 1 aromatic heterocycles. The van der Waals surface area contributed by atoms with Crippen LogP contribution in [0.25, 0.3) is 10.9 Å². The zero-order valence-electron chi connectivity index (χ0n) is 13.1. The number of carbonyl (C=O) groups is 1. The third kappa shape index (κ3) is 3.78. The van der Waals surface area contributed by atoms with Crippen LogP contribution in [0.4, 0.5) is 11.4 Å². The van der Waals surface area contributed by atoms with Crippen molar-refractivity contribution in [2.45, 2.75) is 6.92 Å². The van der Waals surface area contributed by atoms with Crippen LogP contribution in [-0.2, 0) is 4.74 Å². The molecule has 0 saturated heterocycles. The molecule has 0 aliphatic carbocycles. The van der Waals surface area contributed by atoms with Crippen LogP contribution in [0.1, 0.15) is 16.1 Å². The Labute approximate surface area is 151 Å². The van der Waals surface area contributed by atoms with Gasteiger partial charge in [-0.2, -0.15) is 0 Å². The van der Waals surface area contributed by atoms with E-state index in [1.807, 2.05) is 37.3 Å². The molecule has 0 bridgehead atoms. The number of esters is 1. The molecule has 0 radical (unpaired) electrons. The van der Waals surface area contributed by atoms with Gasteiger partial charge in [-0.3, -0.25) is 4.98 Å². The molecule has 0 amide bonds. The number of halogens is 2. The lowest BCUT2D eigenvalue weighted by molar-refractivity contribution is -0.0000192. The highest BCUT2D eigenvalue weighted by Crippen LogP contribution is 2.29. The monoisotopic (exact) mass is 361 g/mol. The van der Waals surface area contributed by atoms with Crippen molar-refractivity contribution >= 4 is 39.8 Å². The van der Waals surface area contributed by atoms with Crippen molar-refractivity contribution in [2.75, 3.05) is 12.4 Å². The number of nitrogens with one attached hydrogen (secondary N) is 1. The van der Waals surface area contributed by atoms with Gasteiger partial charge in [-0.05, 0) is 49.4 Å². The number of rotatable bonds is 3. The number of fused-ring (bicyclic) bond motifs is 1. The molecule has 4 nitrogen and oxygen atoms in total. The van der Waals surface area contributed by atoms with Crippen molar-refractivity contribution in [3.05, 3.63) is 64.8 Å². The average molecular weight is 362 g/mol. The van der Waals surface area contributed by atoms with E-state index in [0.29, 0.717) is 10.6 Å². The summed E-state index contributed by atoms with van der Waals surface area (Å²) in [4.78, 5) is 16.2. The Hall–Kier alpha value is -2.30. The maximum atomic E-state index is 11.7. The fourth-order valence-corrected chi connectivity index (χ4v) is 2.60. The molecule has 3 rings (SSSR count). The Morgan fingerprint density at radius 2 is 1.96 bits per heavy atom. The molecule has 24 heavy (non-hydrogen) atoms. The minimum atomic E-state index is -0.368. The van der Waals surface area contributed by atoms with Crippen LogP contribution in [0, 0.1) is 6.92 Å². The first-order valence-electron chi connectivity index (χ1n) is 7.09. The summed E-state index contributed by atoms with van der Waals surface area (Å²) in [6, 6.07) is 14.7. The fraction of sp³-hybridized carbons (Fsp3) is 0.111. The zero-order chi connectivity index (χ0) is 16.4. The number of hydrogen-bond acceptors (Lipinski definition) is 4. The van der Waals surface area contributed by atoms with Gasteiger partial charge in [-0.1, -0.05) is 17.7 Å². The standard InChI is InChI=1S/C18H15ClN2O2.ClH/c1-11-8-17(15-10-13(19)6-7-16(15)20-11)21-14-5-3-4-12(9-14)18(22)23-2;/h3-10H,1-2H3,(H,20,21);1H/p-1. The van der Waals surface area contributed by atoms with Gasteiger partial charge >= 0.3 is 5.97 Å². The minimum Gasteiger partial charge on any atom is -1.00 e. The molecule has 0 spiro atoms. The summed E-state index contributed by atoms with van der Waals surface area (Å²) >= 11 is 6.10. The van der Waals surface area contributed by atoms with Crippen LogP contribution >= 0.6 is 11.6 Å². The number of ether oxygens (including phenoxy) is 1. The lowest BCUT2D eigenvalue weighted by Crippen LogP contribution is -3.00. The van der Waals surface area contributed by atoms with E-state index in [1.54, 1.807) is 18.2 Å². The number of hydrogen-bond donors (Lipinski definition) is 1. The van der Waals surface area contributed by atoms with Crippen LogP contribution < -0.4 is 17.7 Å². The van der Waals surface area contributed by atoms with E-state index in [0.717, 1.165) is 28.0 Å². The topological polar surface area (TPSA) is 51.2 Å². The van der Waals surface area contributed by atoms with Crippen molar-refractivity contribution in [1.29, 1.82) is 0 Å². The molecule has 0 atom stereocenters. The van der Waals surface area contributed by atoms with E-state index in [9.17, 15) is 4.79 Å². The molecule has 2 aromatic carbocycles. The Morgan fingerprint density at radius 3 is 2.71 bits per heavy atom. The summed E-state index contributed by atoms with van der Waals surface area (Å²) in [6.45, 7) is 1.93. The summed E-state index contributed by atoms with van der Waals surface area (Å²) in [6.07, 6.45) is 0. The van der Waals surface area contributed by atoms with E-state index in [1.165, 1.54) is 7.11 Å². The molecular formula is C18H15Cl2N2O2-. The van der Waals surface area contributed by atoms with Gasteiger partial charge in [-0.25, -0.2) is 4.79 Å². The second-order valence-electron chi connectivity index (χ2n) is 5.17. The fourth-order valence-electron chi connectivity index (χ4n) is 2.43. The highest BCUT2D eigenvalue weighted by molar-refractivity contribution is 6.31. The molecule has 0 aliphatic rings. The molecular weight excluding hydrogens is 347 g/mol. The van der Waals surface area contributed by atoms with Gasteiger partial charge in [-0.15, -0.1) is 0 Å². The third-order valence-electron chi connectivity index (χ3n) is 3.46. The van der Waals surface area contributed by atoms with Gasteiger partial charge in [0.1, 0.15) is 0 Å². The van der Waals surface area contributed by atoms with Gasteiger partial charge in [0.15, 0.2) is 0 Å². The van der Waals surface area contributed by atoms with Crippen LogP contribution in [0.15, 0.2) is 48.5 Å². The molecule has 0 fully saturated rings. The second-order valence-corrected chi connectivity index (χ2v) is 5.61. The van der Waals surface area contributed by atoms with E-state index < -0.39 is 0 Å². The number of benzene rings is 2. The van der Waals surface area contributed by atoms with Crippen LogP contribution in [0.2, 0.25) is 5.02 Å². The summed E-state index contributed by atoms with van der Waals surface area (Å²) in [5, 5.41) is 4.90. The number of aromatic nitrogens is 1. The van der Waals surface area contributed by atoms with Gasteiger partial charge in [0.25, 0.3) is 0 Å². The van der Waals surface area contributed by atoms with Crippen LogP contribution in [0.5, 0.6) is 0 Å². The van der Waals surface area contributed by atoms with Gasteiger partial charge in [0, 0.05) is 27.5 Å². The maximum absolute atomic E-state index is 11.7. The van der Waals surface area contributed by atoms with Crippen molar-refractivity contribution in [3.8, 4) is 0 Å². The second kappa shape index (κ2) is 7.51. The predicted molar refractivity (Wildman–Crippen MR) is 92.6 cm³/mol. The molecule has 124 valence electrons. The third-order valence-corrected chi connectivity index (χ3v) is 3.70. The summed E-state index contributed by atoms with van der Waals surface area (Å²) in [7, 11) is 1.37. The lowest BCUT2D eigenvalue weighted by Gasteiger charge is -2.12. The quantitative estimate of drug-likeness (QED) is 0.721. The molecule has 1 heterocycles. The Morgan fingerprint density at radius 1 is 1.17 bits per heavy atom. The zero-order valence-corrected chi connectivity index (χ0v) is 14.7. The molecule has 0 aliphatic heterocycles. The Balaban J connectivity index is 0.00000208. The summed E-state index contributed by atoms with van der Waals surface area (Å²) in [5.74, 6) is -0.368. The van der Waals surface area contributed by atoms with Gasteiger partial charge in [0.05, 0.1) is 18.2 Å². The van der Waals surface area contributed by atoms with Crippen LogP contribution in [-0.4, -0.2) is 18.1 Å². The summed E-state index contributed by atoms with van der Waals surface area (Å²) < 4.78 is 4.75. The SMILES string of the molecule is COC(=O)c1cccc(Nc2cc(C)nc3ccc(Cl)cc23)c1.[Cl-]. The predicted octanol–water partition coefficient (Wildman–Crippen LogP) is 1.73. The highest BCUT2D eigenvalue weighted by atomic mass is 35.5. The van der Waals surface area contributed by atoms with E-state index in [2.05, 4.69) is 10.3 Å².